The van der Waals surface area contributed by atoms with Crippen molar-refractivity contribution in [1.82, 2.24) is 10.6 Å². The molecule has 0 heterocycles. The molecule has 22 heavy (non-hydrogen) atoms. The molecular weight excluding hydrogens is 436 g/mol. The maximum atomic E-state index is 6.22. The third-order valence-electron chi connectivity index (χ3n) is 3.11. The molecule has 0 aliphatic rings. The molecule has 1 rings (SSSR count). The lowest BCUT2D eigenvalue weighted by Crippen LogP contribution is -2.39. The van der Waals surface area contributed by atoms with Gasteiger partial charge in [-0.05, 0) is 24.1 Å². The van der Waals surface area contributed by atoms with Crippen LogP contribution in [0.5, 0.6) is 0 Å². The van der Waals surface area contributed by atoms with Crippen molar-refractivity contribution in [2.24, 2.45) is 4.99 Å². The predicted molar refractivity (Wildman–Crippen MR) is 106 cm³/mol. The van der Waals surface area contributed by atoms with Gasteiger partial charge in [-0.1, -0.05) is 36.2 Å². The number of hydrogen-bond donors (Lipinski definition) is 2. The van der Waals surface area contributed by atoms with Crippen LogP contribution in [0.15, 0.2) is 23.2 Å². The Kier molecular flexibility index (Phi) is 12.1. The summed E-state index contributed by atoms with van der Waals surface area (Å²) < 4.78 is 5.01. The van der Waals surface area contributed by atoms with E-state index >= 15 is 0 Å². The second-order valence-electron chi connectivity index (χ2n) is 4.76. The summed E-state index contributed by atoms with van der Waals surface area (Å²) in [5.74, 6) is 0.949. The standard InChI is InChI=1S/C15H23Cl2N3O.HI/c1-11(14-12(16)6-4-7-13(14)17)10-20-15(18-2)19-8-5-9-21-3;/h4,6-7,11H,5,8-10H2,1-3H3,(H2,18,19,20);1H. The van der Waals surface area contributed by atoms with E-state index in [9.17, 15) is 0 Å². The second kappa shape index (κ2) is 12.2. The van der Waals surface area contributed by atoms with E-state index in [1.165, 1.54) is 0 Å². The molecule has 1 aromatic carbocycles. The first kappa shape index (κ1) is 21.8. The highest BCUT2D eigenvalue weighted by atomic mass is 127. The van der Waals surface area contributed by atoms with E-state index < -0.39 is 0 Å². The number of benzene rings is 1. The fourth-order valence-corrected chi connectivity index (χ4v) is 2.75. The van der Waals surface area contributed by atoms with Crippen LogP contribution in [0.25, 0.3) is 0 Å². The van der Waals surface area contributed by atoms with Gasteiger partial charge in [-0.3, -0.25) is 4.99 Å². The number of nitrogens with one attached hydrogen (secondary N) is 2. The summed E-state index contributed by atoms with van der Waals surface area (Å²) in [5, 5.41) is 7.90. The first-order valence-electron chi connectivity index (χ1n) is 6.97. The zero-order chi connectivity index (χ0) is 15.7. The number of methoxy groups -OCH3 is 1. The second-order valence-corrected chi connectivity index (χ2v) is 5.58. The minimum Gasteiger partial charge on any atom is -0.385 e. The van der Waals surface area contributed by atoms with Crippen LogP contribution in [0.3, 0.4) is 0 Å². The highest BCUT2D eigenvalue weighted by molar-refractivity contribution is 14.0. The van der Waals surface area contributed by atoms with Crippen molar-refractivity contribution in [3.63, 3.8) is 0 Å². The van der Waals surface area contributed by atoms with Crippen molar-refractivity contribution in [3.8, 4) is 0 Å². The molecule has 126 valence electrons. The molecule has 0 aliphatic carbocycles. The van der Waals surface area contributed by atoms with Gasteiger partial charge in [0, 0.05) is 49.8 Å². The zero-order valence-corrected chi connectivity index (χ0v) is 17.0. The summed E-state index contributed by atoms with van der Waals surface area (Å²) in [6.07, 6.45) is 0.934. The molecule has 2 N–H and O–H groups in total. The third-order valence-corrected chi connectivity index (χ3v) is 3.77. The summed E-state index contributed by atoms with van der Waals surface area (Å²) in [4.78, 5) is 4.18. The number of nitrogens with zero attached hydrogens (tertiary/aromatic N) is 1. The fraction of sp³-hybridized carbons (Fsp3) is 0.533. The molecule has 4 nitrogen and oxygen atoms in total. The van der Waals surface area contributed by atoms with Gasteiger partial charge < -0.3 is 15.4 Å². The molecule has 0 aromatic heterocycles. The molecule has 0 radical (unpaired) electrons. The lowest BCUT2D eigenvalue weighted by Gasteiger charge is -2.18. The van der Waals surface area contributed by atoms with Gasteiger partial charge in [-0.25, -0.2) is 0 Å². The van der Waals surface area contributed by atoms with Crippen molar-refractivity contribution < 1.29 is 4.74 Å². The normalized spacial score (nSPS) is 12.5. The monoisotopic (exact) mass is 459 g/mol. The van der Waals surface area contributed by atoms with Gasteiger partial charge in [0.05, 0.1) is 0 Å². The highest BCUT2D eigenvalue weighted by Crippen LogP contribution is 2.30. The molecule has 0 saturated carbocycles. The topological polar surface area (TPSA) is 45.7 Å². The lowest BCUT2D eigenvalue weighted by molar-refractivity contribution is 0.195. The minimum atomic E-state index is 0. The third kappa shape index (κ3) is 7.35. The Hall–Kier alpha value is -0.240. The number of halogens is 3. The Labute approximate surface area is 160 Å². The maximum absolute atomic E-state index is 6.22. The molecular formula is C15H24Cl2IN3O. The van der Waals surface area contributed by atoms with Crippen molar-refractivity contribution in [3.05, 3.63) is 33.8 Å². The first-order chi connectivity index (χ1) is 10.1. The van der Waals surface area contributed by atoms with Gasteiger partial charge in [0.25, 0.3) is 0 Å². The van der Waals surface area contributed by atoms with Gasteiger partial charge in [-0.2, -0.15) is 0 Å². The van der Waals surface area contributed by atoms with Crippen LogP contribution in [0.2, 0.25) is 10.0 Å². The van der Waals surface area contributed by atoms with E-state index in [4.69, 9.17) is 27.9 Å². The first-order valence-corrected chi connectivity index (χ1v) is 7.73. The molecule has 0 bridgehead atoms. The summed E-state index contributed by atoms with van der Waals surface area (Å²) in [7, 11) is 3.45. The summed E-state index contributed by atoms with van der Waals surface area (Å²) in [6, 6.07) is 5.57. The number of guanidine groups is 1. The number of rotatable bonds is 7. The van der Waals surface area contributed by atoms with Gasteiger partial charge in [0.15, 0.2) is 5.96 Å². The molecule has 1 aromatic rings. The fourth-order valence-electron chi connectivity index (χ4n) is 1.98. The molecule has 7 heteroatoms. The lowest BCUT2D eigenvalue weighted by atomic mass is 10.0. The number of hydrogen-bond acceptors (Lipinski definition) is 2. The molecule has 0 saturated heterocycles. The molecule has 0 aliphatic heterocycles. The molecule has 0 amide bonds. The number of ether oxygens (including phenoxy) is 1. The maximum Gasteiger partial charge on any atom is 0.190 e. The Morgan fingerprint density at radius 3 is 2.45 bits per heavy atom. The van der Waals surface area contributed by atoms with Crippen LogP contribution in [0.4, 0.5) is 0 Å². The molecule has 1 unspecified atom stereocenters. The SMILES string of the molecule is CN=C(NCCCOC)NCC(C)c1c(Cl)cccc1Cl.I. The van der Waals surface area contributed by atoms with Crippen molar-refractivity contribution >= 4 is 53.1 Å². The van der Waals surface area contributed by atoms with Crippen LogP contribution >= 0.6 is 47.2 Å². The van der Waals surface area contributed by atoms with Crippen LogP contribution in [0, 0.1) is 0 Å². The van der Waals surface area contributed by atoms with E-state index in [-0.39, 0.29) is 29.9 Å². The minimum absolute atomic E-state index is 0. The Balaban J connectivity index is 0.00000441. The van der Waals surface area contributed by atoms with E-state index in [1.807, 2.05) is 18.2 Å². The quantitative estimate of drug-likeness (QED) is 0.281. The summed E-state index contributed by atoms with van der Waals surface area (Å²) in [5.41, 5.74) is 0.961. The predicted octanol–water partition coefficient (Wildman–Crippen LogP) is 3.92. The largest absolute Gasteiger partial charge is 0.385 e. The number of aliphatic imine (C=N–C) groups is 1. The average molecular weight is 460 g/mol. The molecule has 0 spiro atoms. The highest BCUT2D eigenvalue weighted by Gasteiger charge is 2.13. The van der Waals surface area contributed by atoms with Crippen LogP contribution < -0.4 is 10.6 Å². The van der Waals surface area contributed by atoms with E-state index in [2.05, 4.69) is 22.5 Å². The van der Waals surface area contributed by atoms with Crippen molar-refractivity contribution in [1.29, 1.82) is 0 Å². The molecule has 0 fully saturated rings. The van der Waals surface area contributed by atoms with Crippen molar-refractivity contribution in [2.75, 3.05) is 33.9 Å². The van der Waals surface area contributed by atoms with E-state index in [0.717, 1.165) is 31.1 Å². The van der Waals surface area contributed by atoms with Crippen LogP contribution in [-0.4, -0.2) is 39.8 Å². The van der Waals surface area contributed by atoms with Gasteiger partial charge in [-0.15, -0.1) is 24.0 Å². The summed E-state index contributed by atoms with van der Waals surface area (Å²) >= 11 is 12.4. The van der Waals surface area contributed by atoms with E-state index in [1.54, 1.807) is 14.2 Å². The Morgan fingerprint density at radius 1 is 1.27 bits per heavy atom. The smallest absolute Gasteiger partial charge is 0.190 e. The van der Waals surface area contributed by atoms with Crippen molar-refractivity contribution in [2.45, 2.75) is 19.3 Å². The Bertz CT molecular complexity index is 452. The molecule has 1 atom stereocenters. The van der Waals surface area contributed by atoms with Crippen LogP contribution in [0.1, 0.15) is 24.8 Å². The van der Waals surface area contributed by atoms with Crippen LogP contribution in [-0.2, 0) is 4.74 Å². The Morgan fingerprint density at radius 2 is 1.91 bits per heavy atom. The average Bonchev–Trinajstić information content (AvgIpc) is 2.46. The van der Waals surface area contributed by atoms with Gasteiger partial charge in [0.1, 0.15) is 0 Å². The van der Waals surface area contributed by atoms with E-state index in [0.29, 0.717) is 16.6 Å². The van der Waals surface area contributed by atoms with Gasteiger partial charge in [0.2, 0.25) is 0 Å². The zero-order valence-electron chi connectivity index (χ0n) is 13.2. The van der Waals surface area contributed by atoms with Gasteiger partial charge >= 0.3 is 0 Å². The summed E-state index contributed by atoms with van der Waals surface area (Å²) in [6.45, 7) is 4.33.